The van der Waals surface area contributed by atoms with Crippen LogP contribution in [0.5, 0.6) is 0 Å². The molecule has 0 spiro atoms. The van der Waals surface area contributed by atoms with E-state index in [1.807, 2.05) is 13.0 Å². The van der Waals surface area contributed by atoms with Crippen molar-refractivity contribution in [2.24, 2.45) is 4.99 Å². The number of halogens is 3. The molecule has 1 atom stereocenters. The second kappa shape index (κ2) is 7.41. The Labute approximate surface area is 153 Å². The molecule has 2 aromatic rings. The van der Waals surface area contributed by atoms with Crippen LogP contribution in [0.15, 0.2) is 59.6 Å². The number of thioether (sulfide) groups is 1. The molecule has 1 N–H and O–H groups in total. The molecule has 0 saturated carbocycles. The van der Waals surface area contributed by atoms with E-state index in [9.17, 15) is 18.0 Å². The Kier molecular flexibility index (Phi) is 5.22. The summed E-state index contributed by atoms with van der Waals surface area (Å²) in [5.74, 6) is 0. The second-order valence-electron chi connectivity index (χ2n) is 5.73. The third kappa shape index (κ3) is 4.19. The number of alkyl halides is 3. The molecular formula is C18H16F3N3OS. The smallest absolute Gasteiger partial charge is 0.307 e. The number of para-hydroxylation sites is 1. The first-order chi connectivity index (χ1) is 12.3. The number of anilines is 2. The van der Waals surface area contributed by atoms with E-state index in [0.29, 0.717) is 17.4 Å². The summed E-state index contributed by atoms with van der Waals surface area (Å²) in [6.07, 6.45) is -4.47. The van der Waals surface area contributed by atoms with Gasteiger partial charge in [0.1, 0.15) is 0 Å². The number of carbonyl (C=O) groups excluding carboxylic acids is 1. The average Bonchev–Trinajstić information content (AvgIpc) is 3.01. The fraction of sp³-hybridized carbons (Fsp3) is 0.222. The van der Waals surface area contributed by atoms with Crippen LogP contribution in [0.2, 0.25) is 0 Å². The number of nitrogens with one attached hydrogen (secondary N) is 1. The molecule has 2 amide bonds. The highest BCUT2D eigenvalue weighted by Crippen LogP contribution is 2.31. The summed E-state index contributed by atoms with van der Waals surface area (Å²) in [4.78, 5) is 18.6. The van der Waals surface area contributed by atoms with Crippen molar-refractivity contribution in [3.8, 4) is 0 Å². The van der Waals surface area contributed by atoms with Gasteiger partial charge in [0.2, 0.25) is 0 Å². The Hall–Kier alpha value is -2.48. The molecular weight excluding hydrogens is 363 g/mol. The Morgan fingerprint density at radius 1 is 1.19 bits per heavy atom. The third-order valence-electron chi connectivity index (χ3n) is 3.64. The minimum Gasteiger partial charge on any atom is -0.307 e. The summed E-state index contributed by atoms with van der Waals surface area (Å²) in [5.41, 5.74) is -0.150. The highest BCUT2D eigenvalue weighted by molar-refractivity contribution is 8.15. The number of amides is 2. The zero-order valence-corrected chi connectivity index (χ0v) is 14.6. The van der Waals surface area contributed by atoms with Crippen LogP contribution >= 0.6 is 11.8 Å². The molecule has 26 heavy (non-hydrogen) atoms. The van der Waals surface area contributed by atoms with E-state index in [0.717, 1.165) is 12.1 Å². The quantitative estimate of drug-likeness (QED) is 0.776. The van der Waals surface area contributed by atoms with Gasteiger partial charge in [-0.25, -0.2) is 9.69 Å². The third-order valence-corrected chi connectivity index (χ3v) is 4.71. The molecule has 1 heterocycles. The Morgan fingerprint density at radius 3 is 2.54 bits per heavy atom. The maximum atomic E-state index is 12.9. The number of benzene rings is 2. The van der Waals surface area contributed by atoms with Crippen molar-refractivity contribution in [3.05, 3.63) is 60.2 Å². The van der Waals surface area contributed by atoms with Crippen LogP contribution in [0.3, 0.4) is 0 Å². The van der Waals surface area contributed by atoms with Gasteiger partial charge in [0.15, 0.2) is 5.17 Å². The van der Waals surface area contributed by atoms with E-state index in [1.165, 1.54) is 28.8 Å². The molecule has 0 bridgehead atoms. The van der Waals surface area contributed by atoms with Crippen molar-refractivity contribution in [1.82, 2.24) is 0 Å². The molecule has 0 unspecified atom stereocenters. The van der Waals surface area contributed by atoms with Gasteiger partial charge in [-0.2, -0.15) is 13.2 Å². The standard InChI is InChI=1S/C18H16F3N3OS/c1-12-11-22-17(26-12)24(15-8-3-2-4-9-15)16(25)23-14-7-5-6-13(10-14)18(19,20)21/h2-10,12H,11H2,1H3,(H,23,25)/t12-/m1/s1. The maximum absolute atomic E-state index is 12.9. The molecule has 4 nitrogen and oxygen atoms in total. The van der Waals surface area contributed by atoms with Crippen LogP contribution < -0.4 is 10.2 Å². The molecule has 0 aliphatic carbocycles. The van der Waals surface area contributed by atoms with Crippen LogP contribution in [0.25, 0.3) is 0 Å². The summed E-state index contributed by atoms with van der Waals surface area (Å²) in [6.45, 7) is 2.58. The summed E-state index contributed by atoms with van der Waals surface area (Å²) >= 11 is 1.45. The summed E-state index contributed by atoms with van der Waals surface area (Å²) in [6, 6.07) is 12.9. The molecule has 0 fully saturated rings. The Balaban J connectivity index is 1.87. The molecule has 0 aromatic heterocycles. The van der Waals surface area contributed by atoms with Crippen LogP contribution in [0.1, 0.15) is 12.5 Å². The molecule has 0 radical (unpaired) electrons. The van der Waals surface area contributed by atoms with Gasteiger partial charge in [0.25, 0.3) is 0 Å². The highest BCUT2D eigenvalue weighted by atomic mass is 32.2. The van der Waals surface area contributed by atoms with Crippen molar-refractivity contribution < 1.29 is 18.0 Å². The van der Waals surface area contributed by atoms with E-state index >= 15 is 0 Å². The van der Waals surface area contributed by atoms with Crippen LogP contribution in [0, 0.1) is 0 Å². The minimum atomic E-state index is -4.47. The van der Waals surface area contributed by atoms with Crippen molar-refractivity contribution in [2.75, 3.05) is 16.8 Å². The highest BCUT2D eigenvalue weighted by Gasteiger charge is 2.31. The normalized spacial score (nSPS) is 16.9. The maximum Gasteiger partial charge on any atom is 0.416 e. The summed E-state index contributed by atoms with van der Waals surface area (Å²) < 4.78 is 38.6. The van der Waals surface area contributed by atoms with E-state index < -0.39 is 17.8 Å². The van der Waals surface area contributed by atoms with Gasteiger partial charge >= 0.3 is 12.2 Å². The van der Waals surface area contributed by atoms with Gasteiger partial charge < -0.3 is 5.32 Å². The number of aliphatic imine (C=N–C) groups is 1. The first-order valence-corrected chi connectivity index (χ1v) is 8.77. The largest absolute Gasteiger partial charge is 0.416 e. The first-order valence-electron chi connectivity index (χ1n) is 7.89. The zero-order valence-electron chi connectivity index (χ0n) is 13.8. The number of hydrogen-bond acceptors (Lipinski definition) is 3. The fourth-order valence-corrected chi connectivity index (χ4v) is 3.38. The number of urea groups is 1. The van der Waals surface area contributed by atoms with Gasteiger partial charge in [-0.1, -0.05) is 43.0 Å². The summed E-state index contributed by atoms with van der Waals surface area (Å²) in [7, 11) is 0. The van der Waals surface area contributed by atoms with Gasteiger partial charge in [-0.3, -0.25) is 4.99 Å². The SMILES string of the molecule is C[C@@H]1CN=C(N(C(=O)Nc2cccc(C(F)(F)F)c2)c2ccccc2)S1. The van der Waals surface area contributed by atoms with Crippen LogP contribution in [0.4, 0.5) is 29.3 Å². The van der Waals surface area contributed by atoms with Gasteiger partial charge in [0.05, 0.1) is 17.8 Å². The topological polar surface area (TPSA) is 44.7 Å². The number of amidine groups is 1. The van der Waals surface area contributed by atoms with Crippen LogP contribution in [-0.2, 0) is 6.18 Å². The average molecular weight is 379 g/mol. The van der Waals surface area contributed by atoms with E-state index in [1.54, 1.807) is 24.3 Å². The number of carbonyl (C=O) groups is 1. The monoisotopic (exact) mass is 379 g/mol. The van der Waals surface area contributed by atoms with Crippen molar-refractivity contribution >= 4 is 34.3 Å². The summed E-state index contributed by atoms with van der Waals surface area (Å²) in [5, 5.41) is 3.29. The van der Waals surface area contributed by atoms with E-state index in [-0.39, 0.29) is 10.9 Å². The predicted octanol–water partition coefficient (Wildman–Crippen LogP) is 5.24. The molecule has 1 aliphatic heterocycles. The molecule has 1 aliphatic rings. The lowest BCUT2D eigenvalue weighted by molar-refractivity contribution is -0.137. The predicted molar refractivity (Wildman–Crippen MR) is 98.7 cm³/mol. The minimum absolute atomic E-state index is 0.0717. The number of nitrogens with zero attached hydrogens (tertiary/aromatic N) is 2. The first kappa shape index (κ1) is 18.3. The van der Waals surface area contributed by atoms with Gasteiger partial charge in [-0.15, -0.1) is 0 Å². The van der Waals surface area contributed by atoms with Crippen molar-refractivity contribution in [1.29, 1.82) is 0 Å². The lowest BCUT2D eigenvalue weighted by Crippen LogP contribution is -2.38. The van der Waals surface area contributed by atoms with Crippen molar-refractivity contribution in [3.63, 3.8) is 0 Å². The van der Waals surface area contributed by atoms with Gasteiger partial charge in [0, 0.05) is 10.9 Å². The Bertz CT molecular complexity index is 824. The van der Waals surface area contributed by atoms with Crippen LogP contribution in [-0.4, -0.2) is 23.0 Å². The molecule has 3 rings (SSSR count). The van der Waals surface area contributed by atoms with Crippen molar-refractivity contribution in [2.45, 2.75) is 18.3 Å². The lowest BCUT2D eigenvalue weighted by atomic mass is 10.2. The van der Waals surface area contributed by atoms with E-state index in [2.05, 4.69) is 10.3 Å². The lowest BCUT2D eigenvalue weighted by Gasteiger charge is -2.23. The number of hydrogen-bond donors (Lipinski definition) is 1. The number of rotatable bonds is 2. The fourth-order valence-electron chi connectivity index (χ4n) is 2.43. The molecule has 0 saturated heterocycles. The Morgan fingerprint density at radius 2 is 1.92 bits per heavy atom. The molecule has 2 aromatic carbocycles. The second-order valence-corrected chi connectivity index (χ2v) is 7.14. The molecule has 136 valence electrons. The van der Waals surface area contributed by atoms with E-state index in [4.69, 9.17) is 0 Å². The zero-order chi connectivity index (χ0) is 18.7. The van der Waals surface area contributed by atoms with Gasteiger partial charge in [-0.05, 0) is 30.3 Å². The molecule has 8 heteroatoms.